The van der Waals surface area contributed by atoms with Crippen LogP contribution in [0.15, 0.2) is 42.6 Å². The molecule has 1 aromatic heterocycles. The Labute approximate surface area is 102 Å². The van der Waals surface area contributed by atoms with Crippen LogP contribution in [-0.4, -0.2) is 15.8 Å². The molecular formula is C12H9N3O3. The molecule has 0 radical (unpaired) electrons. The second-order valence-electron chi connectivity index (χ2n) is 3.60. The Morgan fingerprint density at radius 2 is 2.06 bits per heavy atom. The van der Waals surface area contributed by atoms with Crippen LogP contribution in [0.2, 0.25) is 0 Å². The third kappa shape index (κ3) is 2.32. The number of aromatic nitrogens is 1. The molecular weight excluding hydrogens is 234 g/mol. The Kier molecular flexibility index (Phi) is 3.01. The number of amides is 1. The highest BCUT2D eigenvalue weighted by Gasteiger charge is 2.08. The molecule has 0 fully saturated rings. The van der Waals surface area contributed by atoms with Crippen LogP contribution in [0, 0.1) is 10.1 Å². The van der Waals surface area contributed by atoms with Gasteiger partial charge in [0.25, 0.3) is 5.69 Å². The fraction of sp³-hybridized carbons (Fsp3) is 0. The Morgan fingerprint density at radius 1 is 1.28 bits per heavy atom. The molecule has 0 atom stereocenters. The van der Waals surface area contributed by atoms with Gasteiger partial charge in [-0.2, -0.15) is 0 Å². The van der Waals surface area contributed by atoms with Crippen LogP contribution < -0.4 is 5.73 Å². The lowest BCUT2D eigenvalue weighted by Gasteiger charge is -2.01. The standard InChI is InChI=1S/C12H9N3O3/c13-12(16)9-4-5-11(14-7-9)8-2-1-3-10(6-8)15(17)18/h1-7H,(H2,13,16). The van der Waals surface area contributed by atoms with E-state index in [-0.39, 0.29) is 5.69 Å². The molecule has 2 aromatic rings. The van der Waals surface area contributed by atoms with Crippen LogP contribution in [0.25, 0.3) is 11.3 Å². The van der Waals surface area contributed by atoms with Gasteiger partial charge >= 0.3 is 0 Å². The fourth-order valence-electron chi connectivity index (χ4n) is 1.49. The largest absolute Gasteiger partial charge is 0.366 e. The first-order valence-corrected chi connectivity index (χ1v) is 5.08. The number of nitrogens with two attached hydrogens (primary N) is 1. The van der Waals surface area contributed by atoms with E-state index >= 15 is 0 Å². The van der Waals surface area contributed by atoms with Crippen LogP contribution in [0.5, 0.6) is 0 Å². The summed E-state index contributed by atoms with van der Waals surface area (Å²) in [6.45, 7) is 0. The highest BCUT2D eigenvalue weighted by atomic mass is 16.6. The zero-order valence-corrected chi connectivity index (χ0v) is 9.24. The van der Waals surface area contributed by atoms with Gasteiger partial charge in [0.05, 0.1) is 16.2 Å². The summed E-state index contributed by atoms with van der Waals surface area (Å²) in [6.07, 6.45) is 1.34. The van der Waals surface area contributed by atoms with Crippen molar-refractivity contribution in [3.63, 3.8) is 0 Å². The van der Waals surface area contributed by atoms with Crippen LogP contribution in [0.1, 0.15) is 10.4 Å². The van der Waals surface area contributed by atoms with E-state index < -0.39 is 10.8 Å². The van der Waals surface area contributed by atoms with E-state index in [2.05, 4.69) is 4.98 Å². The summed E-state index contributed by atoms with van der Waals surface area (Å²) in [5, 5.41) is 10.7. The minimum atomic E-state index is -0.562. The van der Waals surface area contributed by atoms with Gasteiger partial charge in [0, 0.05) is 23.9 Å². The number of nitrogens with zero attached hydrogens (tertiary/aromatic N) is 2. The quantitative estimate of drug-likeness (QED) is 0.655. The summed E-state index contributed by atoms with van der Waals surface area (Å²) in [5.74, 6) is -0.562. The molecule has 0 saturated heterocycles. The summed E-state index contributed by atoms with van der Waals surface area (Å²) < 4.78 is 0. The molecule has 0 aliphatic heterocycles. The van der Waals surface area contributed by atoms with Gasteiger partial charge in [-0.05, 0) is 12.1 Å². The molecule has 2 N–H and O–H groups in total. The number of rotatable bonds is 3. The molecule has 6 heteroatoms. The minimum absolute atomic E-state index is 0.00622. The molecule has 0 bridgehead atoms. The minimum Gasteiger partial charge on any atom is -0.366 e. The van der Waals surface area contributed by atoms with Gasteiger partial charge in [-0.25, -0.2) is 0 Å². The highest BCUT2D eigenvalue weighted by molar-refractivity contribution is 5.92. The lowest BCUT2D eigenvalue weighted by atomic mass is 10.1. The van der Waals surface area contributed by atoms with Crippen molar-refractivity contribution in [2.75, 3.05) is 0 Å². The normalized spacial score (nSPS) is 10.0. The van der Waals surface area contributed by atoms with Gasteiger partial charge in [0.1, 0.15) is 0 Å². The first-order chi connectivity index (χ1) is 8.58. The average molecular weight is 243 g/mol. The first kappa shape index (κ1) is 11.7. The number of hydrogen-bond acceptors (Lipinski definition) is 4. The number of carbonyl (C=O) groups excluding carboxylic acids is 1. The number of hydrogen-bond donors (Lipinski definition) is 1. The maximum Gasteiger partial charge on any atom is 0.270 e. The third-order valence-electron chi connectivity index (χ3n) is 2.40. The number of non-ortho nitro benzene ring substituents is 1. The summed E-state index contributed by atoms with van der Waals surface area (Å²) in [5.41, 5.74) is 6.54. The lowest BCUT2D eigenvalue weighted by Crippen LogP contribution is -2.10. The Morgan fingerprint density at radius 3 is 2.61 bits per heavy atom. The topological polar surface area (TPSA) is 99.1 Å². The number of carbonyl (C=O) groups is 1. The van der Waals surface area contributed by atoms with E-state index in [9.17, 15) is 14.9 Å². The summed E-state index contributed by atoms with van der Waals surface area (Å²) >= 11 is 0. The molecule has 1 aromatic carbocycles. The third-order valence-corrected chi connectivity index (χ3v) is 2.40. The fourth-order valence-corrected chi connectivity index (χ4v) is 1.49. The van der Waals surface area contributed by atoms with Crippen molar-refractivity contribution in [3.8, 4) is 11.3 Å². The van der Waals surface area contributed by atoms with Crippen LogP contribution >= 0.6 is 0 Å². The van der Waals surface area contributed by atoms with Gasteiger partial charge in [-0.15, -0.1) is 0 Å². The Hall–Kier alpha value is -2.76. The van der Waals surface area contributed by atoms with E-state index in [0.29, 0.717) is 16.8 Å². The molecule has 2 rings (SSSR count). The van der Waals surface area contributed by atoms with Gasteiger partial charge in [0.15, 0.2) is 0 Å². The van der Waals surface area contributed by atoms with Crippen LogP contribution in [0.4, 0.5) is 5.69 Å². The van der Waals surface area contributed by atoms with Gasteiger partial charge in [0.2, 0.25) is 5.91 Å². The zero-order chi connectivity index (χ0) is 13.1. The van der Waals surface area contributed by atoms with E-state index in [1.807, 2.05) is 0 Å². The predicted molar refractivity (Wildman–Crippen MR) is 64.8 cm³/mol. The maximum atomic E-state index is 10.9. The maximum absolute atomic E-state index is 10.9. The molecule has 18 heavy (non-hydrogen) atoms. The molecule has 0 unspecified atom stereocenters. The molecule has 0 spiro atoms. The molecule has 1 heterocycles. The van der Waals surface area contributed by atoms with Crippen LogP contribution in [0.3, 0.4) is 0 Å². The zero-order valence-electron chi connectivity index (χ0n) is 9.24. The second-order valence-corrected chi connectivity index (χ2v) is 3.60. The number of benzene rings is 1. The molecule has 1 amide bonds. The van der Waals surface area contributed by atoms with Crippen molar-refractivity contribution in [1.82, 2.24) is 4.98 Å². The summed E-state index contributed by atoms with van der Waals surface area (Å²) in [4.78, 5) is 25.1. The number of nitro groups is 1. The molecule has 90 valence electrons. The van der Waals surface area contributed by atoms with E-state index in [1.165, 1.54) is 24.4 Å². The second kappa shape index (κ2) is 4.62. The van der Waals surface area contributed by atoms with Crippen molar-refractivity contribution in [2.24, 2.45) is 5.73 Å². The molecule has 0 aliphatic carbocycles. The van der Waals surface area contributed by atoms with Gasteiger partial charge in [-0.3, -0.25) is 19.9 Å². The Balaban J connectivity index is 2.39. The van der Waals surface area contributed by atoms with E-state index in [4.69, 9.17) is 5.73 Å². The predicted octanol–water partition coefficient (Wildman–Crippen LogP) is 1.76. The van der Waals surface area contributed by atoms with Crippen molar-refractivity contribution in [2.45, 2.75) is 0 Å². The number of pyridine rings is 1. The molecule has 0 aliphatic rings. The van der Waals surface area contributed by atoms with Crippen molar-refractivity contribution >= 4 is 11.6 Å². The SMILES string of the molecule is NC(=O)c1ccc(-c2cccc([N+](=O)[O-])c2)nc1. The Bertz CT molecular complexity index is 608. The van der Waals surface area contributed by atoms with Gasteiger partial charge in [-0.1, -0.05) is 12.1 Å². The number of primary amides is 1. The average Bonchev–Trinajstić information content (AvgIpc) is 2.39. The van der Waals surface area contributed by atoms with Crippen molar-refractivity contribution < 1.29 is 9.72 Å². The summed E-state index contributed by atoms with van der Waals surface area (Å²) in [7, 11) is 0. The first-order valence-electron chi connectivity index (χ1n) is 5.08. The molecule has 6 nitrogen and oxygen atoms in total. The highest BCUT2D eigenvalue weighted by Crippen LogP contribution is 2.22. The summed E-state index contributed by atoms with van der Waals surface area (Å²) in [6, 6.07) is 9.24. The van der Waals surface area contributed by atoms with E-state index in [0.717, 1.165) is 0 Å². The van der Waals surface area contributed by atoms with Crippen molar-refractivity contribution in [3.05, 3.63) is 58.3 Å². The van der Waals surface area contributed by atoms with Crippen LogP contribution in [-0.2, 0) is 0 Å². The smallest absolute Gasteiger partial charge is 0.270 e. The van der Waals surface area contributed by atoms with Gasteiger partial charge < -0.3 is 5.73 Å². The van der Waals surface area contributed by atoms with Crippen molar-refractivity contribution in [1.29, 1.82) is 0 Å². The van der Waals surface area contributed by atoms with E-state index in [1.54, 1.807) is 18.2 Å². The molecule has 0 saturated carbocycles. The monoisotopic (exact) mass is 243 g/mol. The lowest BCUT2D eigenvalue weighted by molar-refractivity contribution is -0.384. The number of nitro benzene ring substituents is 1.